The number of hydrogen-bond donors (Lipinski definition) is 0. The molecule has 3 nitrogen and oxygen atoms in total. The molecule has 110 valence electrons. The molecule has 3 aromatic rings. The second-order valence-electron chi connectivity index (χ2n) is 4.44. The lowest BCUT2D eigenvalue weighted by atomic mass is 10.1. The van der Waals surface area contributed by atoms with Crippen molar-refractivity contribution in [3.05, 3.63) is 52.6 Å². The first-order valence-corrected chi connectivity index (χ1v) is 7.22. The first-order valence-electron chi connectivity index (χ1n) is 6.84. The van der Waals surface area contributed by atoms with Crippen LogP contribution in [0.1, 0.15) is 25.1 Å². The second-order valence-corrected chi connectivity index (χ2v) is 4.83. The molecular formula is C16H17ClFN3. The van der Waals surface area contributed by atoms with Gasteiger partial charge in [-0.3, -0.25) is 0 Å². The van der Waals surface area contributed by atoms with E-state index in [1.54, 1.807) is 22.7 Å². The normalized spacial score (nSPS) is 10.4. The number of fused-ring (bicyclic) bond motifs is 1. The van der Waals surface area contributed by atoms with E-state index >= 15 is 0 Å². The Hall–Kier alpha value is -1.94. The van der Waals surface area contributed by atoms with E-state index in [4.69, 9.17) is 11.6 Å². The zero-order chi connectivity index (χ0) is 15.6. The predicted octanol–water partition coefficient (Wildman–Crippen LogP) is 4.83. The molecule has 0 radical (unpaired) electrons. The van der Waals surface area contributed by atoms with Crippen LogP contribution in [0, 0.1) is 19.7 Å². The van der Waals surface area contributed by atoms with E-state index in [2.05, 4.69) is 10.1 Å². The topological polar surface area (TPSA) is 30.2 Å². The van der Waals surface area contributed by atoms with Crippen molar-refractivity contribution in [3.8, 4) is 11.3 Å². The summed E-state index contributed by atoms with van der Waals surface area (Å²) in [6, 6.07) is 8.04. The Kier molecular flexibility index (Phi) is 4.58. The standard InChI is InChI=1S/C14H11ClFN3.C2H6/c1-8-7-12(15)18-19-9(2)13(17-14(8)19)10-3-5-11(16)6-4-10;1-2/h3-7H,1-2H3;1-2H3. The van der Waals surface area contributed by atoms with Crippen molar-refractivity contribution in [2.75, 3.05) is 0 Å². The number of aromatic nitrogens is 3. The van der Waals surface area contributed by atoms with Crippen LogP contribution >= 0.6 is 11.6 Å². The molecule has 0 amide bonds. The molecule has 0 spiro atoms. The van der Waals surface area contributed by atoms with Gasteiger partial charge in [0.05, 0.1) is 11.4 Å². The van der Waals surface area contributed by atoms with E-state index < -0.39 is 0 Å². The van der Waals surface area contributed by atoms with Gasteiger partial charge in [-0.15, -0.1) is 0 Å². The van der Waals surface area contributed by atoms with Crippen LogP contribution in [-0.2, 0) is 0 Å². The molecular weight excluding hydrogens is 289 g/mol. The van der Waals surface area contributed by atoms with Crippen molar-refractivity contribution in [3.63, 3.8) is 0 Å². The Morgan fingerprint density at radius 2 is 1.71 bits per heavy atom. The number of halogens is 2. The molecule has 0 aliphatic carbocycles. The largest absolute Gasteiger partial charge is 0.226 e. The smallest absolute Gasteiger partial charge is 0.157 e. The Morgan fingerprint density at radius 3 is 2.33 bits per heavy atom. The zero-order valence-electron chi connectivity index (χ0n) is 12.5. The molecule has 1 aromatic carbocycles. The molecule has 0 unspecified atom stereocenters. The van der Waals surface area contributed by atoms with E-state index in [0.29, 0.717) is 5.15 Å². The lowest BCUT2D eigenvalue weighted by molar-refractivity contribution is 0.628. The molecule has 2 heterocycles. The molecule has 21 heavy (non-hydrogen) atoms. The van der Waals surface area contributed by atoms with Crippen molar-refractivity contribution in [2.45, 2.75) is 27.7 Å². The summed E-state index contributed by atoms with van der Waals surface area (Å²) in [6.07, 6.45) is 0. The maximum atomic E-state index is 13.0. The number of nitrogens with zero attached hydrogens (tertiary/aromatic N) is 3. The van der Waals surface area contributed by atoms with Gasteiger partial charge in [0, 0.05) is 5.56 Å². The van der Waals surface area contributed by atoms with Crippen molar-refractivity contribution >= 4 is 17.2 Å². The first kappa shape index (κ1) is 15.4. The average molecular weight is 306 g/mol. The van der Waals surface area contributed by atoms with Gasteiger partial charge in [-0.2, -0.15) is 5.10 Å². The summed E-state index contributed by atoms with van der Waals surface area (Å²) in [7, 11) is 0. The molecule has 0 aliphatic heterocycles. The van der Waals surface area contributed by atoms with Crippen molar-refractivity contribution in [1.82, 2.24) is 14.6 Å². The van der Waals surface area contributed by atoms with Crippen LogP contribution in [0.5, 0.6) is 0 Å². The highest BCUT2D eigenvalue weighted by Crippen LogP contribution is 2.25. The average Bonchev–Trinajstić information content (AvgIpc) is 2.80. The van der Waals surface area contributed by atoms with Crippen LogP contribution in [-0.4, -0.2) is 14.6 Å². The predicted molar refractivity (Wildman–Crippen MR) is 84.2 cm³/mol. The van der Waals surface area contributed by atoms with Gasteiger partial charge >= 0.3 is 0 Å². The van der Waals surface area contributed by atoms with E-state index in [0.717, 1.165) is 28.2 Å². The minimum absolute atomic E-state index is 0.262. The fourth-order valence-electron chi connectivity index (χ4n) is 2.12. The highest BCUT2D eigenvalue weighted by molar-refractivity contribution is 6.29. The van der Waals surface area contributed by atoms with Crippen LogP contribution in [0.2, 0.25) is 5.15 Å². The number of imidazole rings is 1. The Balaban J connectivity index is 0.000000774. The maximum Gasteiger partial charge on any atom is 0.157 e. The molecule has 0 saturated carbocycles. The lowest BCUT2D eigenvalue weighted by Crippen LogP contribution is -1.96. The van der Waals surface area contributed by atoms with Gasteiger partial charge in [0.2, 0.25) is 0 Å². The molecule has 0 atom stereocenters. The summed E-state index contributed by atoms with van der Waals surface area (Å²) in [5, 5.41) is 4.67. The van der Waals surface area contributed by atoms with Crippen LogP contribution in [0.15, 0.2) is 30.3 Å². The number of benzene rings is 1. The third kappa shape index (κ3) is 2.90. The monoisotopic (exact) mass is 305 g/mol. The van der Waals surface area contributed by atoms with Crippen LogP contribution in [0.3, 0.4) is 0 Å². The first-order chi connectivity index (χ1) is 10.1. The number of rotatable bonds is 1. The summed E-state index contributed by atoms with van der Waals surface area (Å²) in [6.45, 7) is 7.85. The van der Waals surface area contributed by atoms with Gasteiger partial charge < -0.3 is 0 Å². The molecule has 0 N–H and O–H groups in total. The summed E-state index contributed by atoms with van der Waals surface area (Å²) in [5.41, 5.74) is 4.25. The van der Waals surface area contributed by atoms with E-state index in [1.165, 1.54) is 12.1 Å². The van der Waals surface area contributed by atoms with Gasteiger partial charge in [0.1, 0.15) is 11.0 Å². The molecule has 0 aliphatic rings. The van der Waals surface area contributed by atoms with Crippen molar-refractivity contribution in [2.24, 2.45) is 0 Å². The van der Waals surface area contributed by atoms with E-state index in [9.17, 15) is 4.39 Å². The molecule has 0 saturated heterocycles. The highest BCUT2D eigenvalue weighted by atomic mass is 35.5. The van der Waals surface area contributed by atoms with E-state index in [-0.39, 0.29) is 5.82 Å². The van der Waals surface area contributed by atoms with Crippen molar-refractivity contribution in [1.29, 1.82) is 0 Å². The molecule has 0 fully saturated rings. The third-order valence-electron chi connectivity index (χ3n) is 3.08. The molecule has 5 heteroatoms. The van der Waals surface area contributed by atoms with Gasteiger partial charge in [-0.1, -0.05) is 25.4 Å². The quantitative estimate of drug-likeness (QED) is 0.644. The van der Waals surface area contributed by atoms with Gasteiger partial charge in [0.25, 0.3) is 0 Å². The summed E-state index contributed by atoms with van der Waals surface area (Å²) in [4.78, 5) is 4.57. The Labute approximate surface area is 128 Å². The van der Waals surface area contributed by atoms with Crippen LogP contribution in [0.4, 0.5) is 4.39 Å². The maximum absolute atomic E-state index is 13.0. The van der Waals surface area contributed by atoms with Gasteiger partial charge in [-0.05, 0) is 49.7 Å². The summed E-state index contributed by atoms with van der Waals surface area (Å²) < 4.78 is 14.7. The lowest BCUT2D eigenvalue weighted by Gasteiger charge is -2.00. The minimum atomic E-state index is -0.262. The molecule has 0 bridgehead atoms. The third-order valence-corrected chi connectivity index (χ3v) is 3.26. The second kappa shape index (κ2) is 6.22. The van der Waals surface area contributed by atoms with Crippen LogP contribution < -0.4 is 0 Å². The molecule has 2 aromatic heterocycles. The summed E-state index contributed by atoms with van der Waals surface area (Å²) >= 11 is 5.96. The minimum Gasteiger partial charge on any atom is -0.226 e. The van der Waals surface area contributed by atoms with Gasteiger partial charge in [0.15, 0.2) is 5.65 Å². The Morgan fingerprint density at radius 1 is 1.10 bits per heavy atom. The number of aryl methyl sites for hydroxylation is 2. The fourth-order valence-corrected chi connectivity index (χ4v) is 2.36. The highest BCUT2D eigenvalue weighted by Gasteiger charge is 2.13. The van der Waals surface area contributed by atoms with E-state index in [1.807, 2.05) is 27.7 Å². The molecule has 3 rings (SSSR count). The summed E-state index contributed by atoms with van der Waals surface area (Å²) in [5.74, 6) is -0.262. The number of hydrogen-bond acceptors (Lipinski definition) is 2. The van der Waals surface area contributed by atoms with Gasteiger partial charge in [-0.25, -0.2) is 13.9 Å². The van der Waals surface area contributed by atoms with Crippen molar-refractivity contribution < 1.29 is 4.39 Å². The Bertz CT molecular complexity index is 763. The SMILES string of the molecule is CC.Cc1cc(Cl)nn2c(C)c(-c3ccc(F)cc3)nc12. The zero-order valence-corrected chi connectivity index (χ0v) is 13.2. The van der Waals surface area contributed by atoms with Crippen LogP contribution in [0.25, 0.3) is 16.9 Å². The fraction of sp³-hybridized carbons (Fsp3) is 0.250.